The number of nitrogens with one attached hydrogen (secondary N) is 1. The number of hydrogen-bond donors (Lipinski definition) is 1. The maximum atomic E-state index is 6.03. The minimum atomic E-state index is -0.516. The van der Waals surface area contributed by atoms with Crippen LogP contribution in [0.4, 0.5) is 5.69 Å². The van der Waals surface area contributed by atoms with E-state index in [0.717, 1.165) is 35.7 Å². The van der Waals surface area contributed by atoms with Gasteiger partial charge in [0.15, 0.2) is 11.5 Å². The molecule has 22 heavy (non-hydrogen) atoms. The number of aromatic nitrogens is 2. The summed E-state index contributed by atoms with van der Waals surface area (Å²) < 4.78 is 12.0. The molecule has 0 unspecified atom stereocenters. The smallest absolute Gasteiger partial charge is 0.251 e. The lowest BCUT2D eigenvalue weighted by Gasteiger charge is -2.24. The number of rotatable bonds is 5. The first-order chi connectivity index (χ1) is 10.7. The Balaban J connectivity index is 1.76. The third-order valence-electron chi connectivity index (χ3n) is 4.02. The van der Waals surface area contributed by atoms with Gasteiger partial charge in [-0.05, 0) is 19.1 Å². The molecule has 0 spiro atoms. The third kappa shape index (κ3) is 2.71. The highest BCUT2D eigenvalue weighted by Gasteiger charge is 2.38. The molecule has 2 aromatic rings. The fourth-order valence-corrected chi connectivity index (χ4v) is 2.58. The molecule has 0 amide bonds. The molecule has 2 heterocycles. The summed E-state index contributed by atoms with van der Waals surface area (Å²) in [5, 5.41) is 3.41. The zero-order chi connectivity index (χ0) is 15.6. The van der Waals surface area contributed by atoms with Gasteiger partial charge in [0.05, 0.1) is 17.9 Å². The van der Waals surface area contributed by atoms with Crippen molar-refractivity contribution in [1.82, 2.24) is 9.97 Å². The average molecular weight is 299 g/mol. The van der Waals surface area contributed by atoms with Crippen molar-refractivity contribution < 1.29 is 9.47 Å². The van der Waals surface area contributed by atoms with Crippen LogP contribution >= 0.6 is 0 Å². The maximum Gasteiger partial charge on any atom is 0.251 e. The highest BCUT2D eigenvalue weighted by molar-refractivity contribution is 5.56. The summed E-state index contributed by atoms with van der Waals surface area (Å²) in [7, 11) is 0. The normalized spacial score (nSPS) is 16.3. The van der Waals surface area contributed by atoms with Gasteiger partial charge in [0, 0.05) is 37.0 Å². The zero-order valence-electron chi connectivity index (χ0n) is 13.2. The van der Waals surface area contributed by atoms with E-state index in [0.29, 0.717) is 0 Å². The Labute approximate surface area is 130 Å². The second-order valence-corrected chi connectivity index (χ2v) is 5.48. The summed E-state index contributed by atoms with van der Waals surface area (Å²) in [6, 6.07) is 6.00. The Kier molecular flexibility index (Phi) is 3.88. The topological polar surface area (TPSA) is 56.3 Å². The van der Waals surface area contributed by atoms with Crippen LogP contribution in [0.25, 0.3) is 0 Å². The highest BCUT2D eigenvalue weighted by atomic mass is 16.7. The first kappa shape index (κ1) is 14.6. The van der Waals surface area contributed by atoms with Gasteiger partial charge in [-0.25, -0.2) is 0 Å². The second-order valence-electron chi connectivity index (χ2n) is 5.48. The van der Waals surface area contributed by atoms with Crippen molar-refractivity contribution in [2.24, 2.45) is 0 Å². The van der Waals surface area contributed by atoms with Crippen molar-refractivity contribution in [1.29, 1.82) is 0 Å². The molecular formula is C17H21N3O2. The van der Waals surface area contributed by atoms with E-state index in [2.05, 4.69) is 36.1 Å². The van der Waals surface area contributed by atoms with Crippen LogP contribution in [0.5, 0.6) is 11.5 Å². The lowest BCUT2D eigenvalue weighted by molar-refractivity contribution is -0.0843. The van der Waals surface area contributed by atoms with Crippen molar-refractivity contribution in [2.75, 3.05) is 5.32 Å². The quantitative estimate of drug-likeness (QED) is 0.906. The number of fused-ring (bicyclic) bond motifs is 1. The van der Waals surface area contributed by atoms with Crippen LogP contribution in [-0.2, 0) is 0 Å². The number of benzene rings is 1. The summed E-state index contributed by atoms with van der Waals surface area (Å²) in [6.07, 6.45) is 6.77. The van der Waals surface area contributed by atoms with Crippen LogP contribution in [-0.4, -0.2) is 15.8 Å². The Morgan fingerprint density at radius 1 is 1.14 bits per heavy atom. The SMILES string of the molecule is CCC1(CC)Oc2ccc(N[C@H](C)c3cnccn3)cc2O1. The van der Waals surface area contributed by atoms with Crippen molar-refractivity contribution in [3.05, 3.63) is 42.5 Å². The van der Waals surface area contributed by atoms with Crippen LogP contribution in [0.15, 0.2) is 36.8 Å². The van der Waals surface area contributed by atoms with Gasteiger partial charge in [-0.1, -0.05) is 13.8 Å². The number of hydrogen-bond acceptors (Lipinski definition) is 5. The molecule has 5 nitrogen and oxygen atoms in total. The van der Waals surface area contributed by atoms with Crippen molar-refractivity contribution >= 4 is 5.69 Å². The zero-order valence-corrected chi connectivity index (χ0v) is 13.2. The predicted octanol–water partition coefficient (Wildman–Crippen LogP) is 3.94. The Bertz CT molecular complexity index is 642. The number of anilines is 1. The molecule has 1 aliphatic heterocycles. The maximum absolute atomic E-state index is 6.03. The molecule has 0 bridgehead atoms. The van der Waals surface area contributed by atoms with E-state index in [9.17, 15) is 0 Å². The molecule has 1 N–H and O–H groups in total. The van der Waals surface area contributed by atoms with Crippen molar-refractivity contribution in [2.45, 2.75) is 45.4 Å². The van der Waals surface area contributed by atoms with Crippen LogP contribution in [0.1, 0.15) is 45.3 Å². The van der Waals surface area contributed by atoms with Gasteiger partial charge in [0.2, 0.25) is 0 Å². The van der Waals surface area contributed by atoms with Crippen LogP contribution in [0.3, 0.4) is 0 Å². The van der Waals surface area contributed by atoms with Gasteiger partial charge in [0.25, 0.3) is 5.79 Å². The third-order valence-corrected chi connectivity index (χ3v) is 4.02. The second kappa shape index (κ2) is 5.83. The summed E-state index contributed by atoms with van der Waals surface area (Å²) in [4.78, 5) is 8.42. The monoisotopic (exact) mass is 299 g/mol. The van der Waals surface area contributed by atoms with Crippen LogP contribution in [0, 0.1) is 0 Å². The van der Waals surface area contributed by atoms with Gasteiger partial charge in [-0.15, -0.1) is 0 Å². The molecule has 1 atom stereocenters. The molecule has 3 rings (SSSR count). The summed E-state index contributed by atoms with van der Waals surface area (Å²) >= 11 is 0. The highest BCUT2D eigenvalue weighted by Crippen LogP contribution is 2.43. The molecule has 0 saturated carbocycles. The van der Waals surface area contributed by atoms with Gasteiger partial charge < -0.3 is 14.8 Å². The van der Waals surface area contributed by atoms with Gasteiger partial charge >= 0.3 is 0 Å². The van der Waals surface area contributed by atoms with E-state index in [1.807, 2.05) is 18.2 Å². The Morgan fingerprint density at radius 2 is 1.91 bits per heavy atom. The standard InChI is InChI=1S/C17H21N3O2/c1-4-17(5-2)21-15-7-6-13(10-16(15)22-17)20-12(3)14-11-18-8-9-19-14/h6-12,20H,4-5H2,1-3H3/t12-/m1/s1. The molecule has 0 aliphatic carbocycles. The molecule has 116 valence electrons. The molecule has 1 aromatic carbocycles. The average Bonchev–Trinajstić information content (AvgIpc) is 2.94. The lowest BCUT2D eigenvalue weighted by Crippen LogP contribution is -2.36. The molecule has 1 aromatic heterocycles. The van der Waals surface area contributed by atoms with E-state index in [-0.39, 0.29) is 6.04 Å². The molecule has 5 heteroatoms. The van der Waals surface area contributed by atoms with E-state index in [4.69, 9.17) is 9.47 Å². The first-order valence-corrected chi connectivity index (χ1v) is 7.70. The summed E-state index contributed by atoms with van der Waals surface area (Å²) in [5.74, 6) is 1.08. The number of nitrogens with zero attached hydrogens (tertiary/aromatic N) is 2. The largest absolute Gasteiger partial charge is 0.448 e. The fraction of sp³-hybridized carbons (Fsp3) is 0.412. The van der Waals surface area contributed by atoms with Crippen LogP contribution in [0.2, 0.25) is 0 Å². The minimum absolute atomic E-state index is 0.0659. The van der Waals surface area contributed by atoms with Gasteiger partial charge in [0.1, 0.15) is 0 Å². The van der Waals surface area contributed by atoms with E-state index < -0.39 is 5.79 Å². The summed E-state index contributed by atoms with van der Waals surface area (Å²) in [6.45, 7) is 6.20. The lowest BCUT2D eigenvalue weighted by atomic mass is 10.1. The van der Waals surface area contributed by atoms with Crippen molar-refractivity contribution in [3.8, 4) is 11.5 Å². The van der Waals surface area contributed by atoms with Crippen molar-refractivity contribution in [3.63, 3.8) is 0 Å². The van der Waals surface area contributed by atoms with E-state index >= 15 is 0 Å². The minimum Gasteiger partial charge on any atom is -0.448 e. The Morgan fingerprint density at radius 3 is 2.59 bits per heavy atom. The Hall–Kier alpha value is -2.30. The predicted molar refractivity (Wildman–Crippen MR) is 85.1 cm³/mol. The molecule has 0 fully saturated rings. The fourth-order valence-electron chi connectivity index (χ4n) is 2.58. The number of ether oxygens (including phenoxy) is 2. The van der Waals surface area contributed by atoms with E-state index in [1.165, 1.54) is 0 Å². The van der Waals surface area contributed by atoms with Gasteiger partial charge in [-0.3, -0.25) is 9.97 Å². The molecule has 1 aliphatic rings. The molecule has 0 saturated heterocycles. The van der Waals surface area contributed by atoms with Crippen LogP contribution < -0.4 is 14.8 Å². The van der Waals surface area contributed by atoms with Gasteiger partial charge in [-0.2, -0.15) is 0 Å². The van der Waals surface area contributed by atoms with E-state index in [1.54, 1.807) is 18.6 Å². The first-order valence-electron chi connectivity index (χ1n) is 7.70. The summed E-state index contributed by atoms with van der Waals surface area (Å²) in [5.41, 5.74) is 1.88. The molecule has 0 radical (unpaired) electrons. The molecular weight excluding hydrogens is 278 g/mol.